The van der Waals surface area contributed by atoms with Crippen LogP contribution in [0.15, 0.2) is 171 Å². The molecule has 11 N–H and O–H groups in total. The highest BCUT2D eigenvalue weighted by Gasteiger charge is 2.39. The summed E-state index contributed by atoms with van der Waals surface area (Å²) in [4.78, 5) is 76.0. The molecule has 5 saturated heterocycles. The number of halogens is 9. The number of nitrogens with two attached hydrogens (primary N) is 3. The number of alkyl halides is 9. The number of nitrogens with zero attached hydrogens (tertiary/aromatic N) is 25. The van der Waals surface area contributed by atoms with E-state index in [0.717, 1.165) is 109 Å². The van der Waals surface area contributed by atoms with Gasteiger partial charge in [-0.05, 0) is 135 Å². The van der Waals surface area contributed by atoms with Crippen LogP contribution in [0, 0.1) is 0 Å². The van der Waals surface area contributed by atoms with Gasteiger partial charge in [0.2, 0.25) is 11.9 Å². The molecule has 2 aromatic carbocycles. The lowest BCUT2D eigenvalue weighted by atomic mass is 10.1. The quantitative estimate of drug-likeness (QED) is 0.0417. The predicted octanol–water partition coefficient (Wildman–Crippen LogP) is 10.1. The van der Waals surface area contributed by atoms with Crippen molar-refractivity contribution in [2.75, 3.05) is 197 Å². The molecule has 18 heterocycles. The molecule has 710 valence electrons. The number of urea groups is 2. The van der Waals surface area contributed by atoms with E-state index in [1.54, 1.807) is 96.1 Å². The van der Waals surface area contributed by atoms with Crippen LogP contribution >= 0.6 is 0 Å². The van der Waals surface area contributed by atoms with Gasteiger partial charge in [0.15, 0.2) is 63.9 Å². The molecule has 0 unspecified atom stereocenters. The number of anilines is 10. The Morgan fingerprint density at radius 2 is 0.787 bits per heavy atom. The van der Waals surface area contributed by atoms with Crippen molar-refractivity contribution in [2.45, 2.75) is 38.5 Å². The summed E-state index contributed by atoms with van der Waals surface area (Å²) >= 11 is 0. The Balaban J connectivity index is 0.000000123. The van der Waals surface area contributed by atoms with Gasteiger partial charge in [-0.1, -0.05) is 6.58 Å². The Hall–Kier alpha value is -15.3. The summed E-state index contributed by atoms with van der Waals surface area (Å²) in [5, 5.41) is 40.9. The van der Waals surface area contributed by atoms with Crippen LogP contribution in [0.1, 0.15) is 30.8 Å². The van der Waals surface area contributed by atoms with Crippen LogP contribution in [0.3, 0.4) is 0 Å². The normalized spacial score (nSPS) is 15.2. The minimum absolute atomic E-state index is 0.0602. The fourth-order valence-electron chi connectivity index (χ4n) is 14.9. The third-order valence-corrected chi connectivity index (χ3v) is 21.5. The third-order valence-electron chi connectivity index (χ3n) is 21.5. The number of rotatable bonds is 16. The second-order valence-electron chi connectivity index (χ2n) is 31.2. The van der Waals surface area contributed by atoms with Gasteiger partial charge in [-0.3, -0.25) is 0 Å². The molecule has 15 aromatic rings. The predicted molar refractivity (Wildman–Crippen MR) is 486 cm³/mol. The van der Waals surface area contributed by atoms with Crippen molar-refractivity contribution >= 4 is 103 Å². The second kappa shape index (κ2) is 41.4. The highest BCUT2D eigenvalue weighted by atomic mass is 19.4. The van der Waals surface area contributed by atoms with Crippen LogP contribution in [0.5, 0.6) is 0 Å². The highest BCUT2D eigenvalue weighted by Crippen LogP contribution is 2.40. The van der Waals surface area contributed by atoms with E-state index in [2.05, 4.69) is 97.6 Å². The average Bonchev–Trinajstić information content (AvgIpc) is 1.59. The molecule has 49 heteroatoms. The summed E-state index contributed by atoms with van der Waals surface area (Å²) in [6, 6.07) is 32.4. The maximum absolute atomic E-state index is 13.5. The van der Waals surface area contributed by atoms with Crippen LogP contribution < -0.4 is 63.0 Å². The summed E-state index contributed by atoms with van der Waals surface area (Å²) in [5.41, 5.74) is 23.1. The smallest absolute Gasteiger partial charge is 0.392 e. The average molecular weight is 1880 g/mol. The molecule has 40 nitrogen and oxygen atoms in total. The van der Waals surface area contributed by atoms with Crippen molar-refractivity contribution in [3.63, 3.8) is 0 Å². The molecule has 5 aliphatic rings. The number of aromatic nitrogens is 20. The second-order valence-corrected chi connectivity index (χ2v) is 31.2. The van der Waals surface area contributed by atoms with Gasteiger partial charge in [0.05, 0.1) is 100 Å². The number of hydrogen-bond acceptors (Lipinski definition) is 31. The van der Waals surface area contributed by atoms with Crippen molar-refractivity contribution in [2.24, 2.45) is 0 Å². The standard InChI is InChI=1S/C20H24N6O3.C19H19F3N6O2.C17H19N7O.C16H15F3N6O.C15H14F3N7O/c1-14(27)13-21-20(28)22-16-6-4-15(5-7-16)18-23-19(25-9-11-29-12-10-25)17-3-2-8-26(17)24-18;20-19(21,22)12-23-18(29)24-14-5-3-13(4-6-14)16-25-17(27-8-10-30-11-9-27)15-2-1-7-28(15)26-16;1-11(2)13-3-4-14-16(23-5-7-25-8-6-23)21-15(22-24(13)14)12-9-19-17(18)20-10-12;17-16(18,19)11-8-13(20)21-9-10(11)14-22-15(24-4-6-26-7-5-24)12-2-1-3-25(12)23-14;16-15(17,18)11-9(8-20-14(19)21-11)12-22-13(24-4-6-26-7-5-24)10-2-1-3-25(10)23-12/h2-8,14,27H,9-13H2,1H3,(H2,21,22,28);1-7H,8-12H2,(H2,23,24,29);3-4,9-10H,1,5-8H2,2H3,(H2,18,19,20);1-3,8-9H,4-7H2,(H2,20,21);1-3,8H,4-7H2,(H2,19,20,21)/t14-;;;;/m1..../s1. The number of aliphatic hydroxyl groups excluding tert-OH is 1. The first-order chi connectivity index (χ1) is 65.5. The van der Waals surface area contributed by atoms with E-state index >= 15 is 0 Å². The molecular weight excluding hydrogens is 1790 g/mol. The molecule has 0 aliphatic carbocycles. The van der Waals surface area contributed by atoms with E-state index in [4.69, 9.17) is 55.8 Å². The number of aliphatic hydroxyl groups is 1. The van der Waals surface area contributed by atoms with Gasteiger partial charge in [0.25, 0.3) is 0 Å². The zero-order valence-electron chi connectivity index (χ0n) is 73.0. The largest absolute Gasteiger partial charge is 0.434 e. The molecular formula is C87H91F9N32O8. The Kier molecular flexibility index (Phi) is 28.6. The number of nitrogen functional groups attached to an aromatic ring is 3. The monoisotopic (exact) mass is 1880 g/mol. The highest BCUT2D eigenvalue weighted by molar-refractivity contribution is 5.90. The molecule has 13 aromatic heterocycles. The van der Waals surface area contributed by atoms with Crippen molar-refractivity contribution < 1.29 is 77.9 Å². The number of ether oxygens (including phenoxy) is 5. The van der Waals surface area contributed by atoms with Crippen molar-refractivity contribution in [3.05, 3.63) is 188 Å². The van der Waals surface area contributed by atoms with Gasteiger partial charge < -0.3 is 91.8 Å². The number of hydrogen-bond donors (Lipinski definition) is 8. The first kappa shape index (κ1) is 93.9. The maximum atomic E-state index is 13.5. The van der Waals surface area contributed by atoms with Crippen molar-refractivity contribution in [1.82, 2.24) is 109 Å². The summed E-state index contributed by atoms with van der Waals surface area (Å²) in [6.45, 7) is 19.5. The Morgan fingerprint density at radius 1 is 0.426 bits per heavy atom. The van der Waals surface area contributed by atoms with Gasteiger partial charge in [-0.15, -0.1) is 25.5 Å². The SMILES string of the molecule is C=C(C)c1ccc2c(N3CCOCC3)nc(-c3cnc(N)nc3)nn12.C[C@@H](O)CNC(=O)Nc1ccc(-c2nc(N3CCOCC3)c3cccn3n2)cc1.Nc1cc(C(F)(F)F)c(-c2nc(N3CCOCC3)c3cccn3n2)cn1.Nc1ncc(-c2nc(N3CCOCC3)c3cccn3n2)c(C(F)(F)F)n1.O=C(NCC(F)(F)F)Nc1ccc(-c2nc(N3CCOCC3)c3cccn3n2)cc1. The fraction of sp³-hybridized carbons (Fsp3) is 0.322. The Bertz CT molecular complexity index is 6530. The van der Waals surface area contributed by atoms with Gasteiger partial charge in [-0.25, -0.2) is 82.0 Å². The Morgan fingerprint density at radius 3 is 1.17 bits per heavy atom. The van der Waals surface area contributed by atoms with Crippen LogP contribution in [-0.2, 0) is 36.0 Å². The number of nitrogens with one attached hydrogen (secondary N) is 4. The molecule has 0 bridgehead atoms. The number of pyridine rings is 1. The van der Waals surface area contributed by atoms with E-state index in [1.807, 2.05) is 92.7 Å². The van der Waals surface area contributed by atoms with Crippen LogP contribution in [0.25, 0.3) is 90.1 Å². The summed E-state index contributed by atoms with van der Waals surface area (Å²) in [7, 11) is 0. The molecule has 4 amide bonds. The van der Waals surface area contributed by atoms with Crippen LogP contribution in [0.2, 0.25) is 0 Å². The number of benzene rings is 2. The number of amides is 4. The summed E-state index contributed by atoms with van der Waals surface area (Å²) < 4.78 is 153. The van der Waals surface area contributed by atoms with E-state index in [-0.39, 0.29) is 47.1 Å². The third kappa shape index (κ3) is 22.8. The lowest BCUT2D eigenvalue weighted by molar-refractivity contribution is -0.140. The van der Waals surface area contributed by atoms with E-state index in [9.17, 15) is 54.2 Å². The maximum Gasteiger partial charge on any atom is 0.434 e. The van der Waals surface area contributed by atoms with Crippen molar-refractivity contribution in [1.29, 1.82) is 0 Å². The number of fused-ring (bicyclic) bond motifs is 5. The fourth-order valence-corrected chi connectivity index (χ4v) is 14.9. The first-order valence-electron chi connectivity index (χ1n) is 42.8. The first-order valence-corrected chi connectivity index (χ1v) is 42.8. The molecule has 1 atom stereocenters. The zero-order valence-corrected chi connectivity index (χ0v) is 73.0. The number of allylic oxidation sites excluding steroid dienone is 1. The van der Waals surface area contributed by atoms with Crippen LogP contribution in [-0.4, -0.2) is 272 Å². The molecule has 0 saturated carbocycles. The van der Waals surface area contributed by atoms with Gasteiger partial charge in [0, 0.05) is 144 Å². The molecule has 0 radical (unpaired) electrons. The topological polar surface area (TPSA) is 458 Å². The zero-order chi connectivity index (χ0) is 95.4. The number of carbonyl (C=O) groups is 2. The van der Waals surface area contributed by atoms with Crippen LogP contribution in [0.4, 0.5) is 107 Å². The van der Waals surface area contributed by atoms with E-state index < -0.39 is 54.4 Å². The molecule has 0 spiro atoms. The lowest BCUT2D eigenvalue weighted by Gasteiger charge is -2.28. The van der Waals surface area contributed by atoms with E-state index in [0.29, 0.717) is 155 Å². The lowest BCUT2D eigenvalue weighted by Crippen LogP contribution is -2.37. The minimum Gasteiger partial charge on any atom is -0.392 e. The minimum atomic E-state index is -4.71. The summed E-state index contributed by atoms with van der Waals surface area (Å²) in [5.74, 6) is 4.69. The number of carbonyl (C=O) groups excluding carboxylic acids is 2. The van der Waals surface area contributed by atoms with E-state index in [1.165, 1.54) is 9.03 Å². The molecule has 136 heavy (non-hydrogen) atoms. The molecule has 5 aliphatic heterocycles. The Labute approximate surface area is 767 Å². The summed E-state index contributed by atoms with van der Waals surface area (Å²) in [6.07, 6.45) is -1.96. The van der Waals surface area contributed by atoms with Gasteiger partial charge in [0.1, 0.15) is 39.9 Å². The van der Waals surface area contributed by atoms with Crippen molar-refractivity contribution in [3.8, 4) is 56.9 Å². The number of morpholine rings is 5. The van der Waals surface area contributed by atoms with Gasteiger partial charge in [-0.2, -0.15) is 39.5 Å². The van der Waals surface area contributed by atoms with Gasteiger partial charge >= 0.3 is 30.6 Å². The molecule has 5 fully saturated rings. The molecule has 20 rings (SSSR count).